The Balaban J connectivity index is 2.50. The minimum Gasteiger partial charge on any atom is -0.462 e. The van der Waals surface area contributed by atoms with Gasteiger partial charge in [-0.3, -0.25) is 0 Å². The standard InChI is InChI=1S/C16H22N2O4S/c1-3-21-15(19)13(16(20)22-4-2)23-10-7-12(11-17)14(23)18-8-5-6-9-18/h3-10H2,1-2H3. The number of rotatable bonds is 5. The van der Waals surface area contributed by atoms with Crippen LogP contribution in [0, 0.1) is 11.3 Å². The molecule has 0 bridgehead atoms. The van der Waals surface area contributed by atoms with Crippen molar-refractivity contribution >= 4 is 27.3 Å². The fourth-order valence-corrected chi connectivity index (χ4v) is 5.26. The van der Waals surface area contributed by atoms with Gasteiger partial charge in [0.1, 0.15) is 0 Å². The SMILES string of the molecule is CCOC(=O)C(C(=O)OCC)=S1CCC(C#N)=C1N1CCCC1. The van der Waals surface area contributed by atoms with Gasteiger partial charge in [0, 0.05) is 13.1 Å². The van der Waals surface area contributed by atoms with Gasteiger partial charge < -0.3 is 14.4 Å². The highest BCUT2D eigenvalue weighted by Crippen LogP contribution is 2.42. The maximum Gasteiger partial charge on any atom is 0.351 e. The van der Waals surface area contributed by atoms with Gasteiger partial charge in [0.2, 0.25) is 0 Å². The van der Waals surface area contributed by atoms with Crippen molar-refractivity contribution in [2.45, 2.75) is 33.1 Å². The van der Waals surface area contributed by atoms with Crippen molar-refractivity contribution in [3.8, 4) is 6.07 Å². The van der Waals surface area contributed by atoms with E-state index in [0.29, 0.717) is 17.7 Å². The minimum atomic E-state index is -0.735. The van der Waals surface area contributed by atoms with E-state index < -0.39 is 22.4 Å². The highest BCUT2D eigenvalue weighted by atomic mass is 32.2. The molecule has 126 valence electrons. The van der Waals surface area contributed by atoms with Gasteiger partial charge in [-0.15, -0.1) is 10.5 Å². The van der Waals surface area contributed by atoms with Gasteiger partial charge in [0.25, 0.3) is 0 Å². The second kappa shape index (κ2) is 8.16. The molecule has 1 fully saturated rings. The van der Waals surface area contributed by atoms with Crippen LogP contribution in [0.3, 0.4) is 0 Å². The molecule has 0 amide bonds. The first kappa shape index (κ1) is 17.5. The number of hydrogen-bond donors (Lipinski definition) is 0. The molecule has 0 aromatic heterocycles. The third-order valence-corrected chi connectivity index (χ3v) is 6.15. The fraction of sp³-hybridized carbons (Fsp3) is 0.625. The third kappa shape index (κ3) is 3.75. The summed E-state index contributed by atoms with van der Waals surface area (Å²) in [6.07, 6.45) is 2.72. The first-order chi connectivity index (χ1) is 11.1. The van der Waals surface area contributed by atoms with Gasteiger partial charge in [0.15, 0.2) is 4.86 Å². The lowest BCUT2D eigenvalue weighted by Crippen LogP contribution is -2.30. The fourth-order valence-electron chi connectivity index (χ4n) is 2.80. The number of hydrogen-bond acceptors (Lipinski definition) is 6. The quantitative estimate of drug-likeness (QED) is 0.432. The number of allylic oxidation sites excluding steroid dienone is 1. The first-order valence-electron chi connectivity index (χ1n) is 7.94. The Labute approximate surface area is 139 Å². The lowest BCUT2D eigenvalue weighted by atomic mass is 10.2. The summed E-state index contributed by atoms with van der Waals surface area (Å²) >= 11 is 0. The van der Waals surface area contributed by atoms with Gasteiger partial charge in [0.05, 0.1) is 29.9 Å². The molecule has 0 aromatic rings. The van der Waals surface area contributed by atoms with E-state index in [4.69, 9.17) is 9.47 Å². The molecular weight excluding hydrogens is 316 g/mol. The van der Waals surface area contributed by atoms with Crippen LogP contribution < -0.4 is 0 Å². The summed E-state index contributed by atoms with van der Waals surface area (Å²) in [5.74, 6) is -0.642. The van der Waals surface area contributed by atoms with Crippen molar-refractivity contribution in [3.05, 3.63) is 10.6 Å². The Bertz CT molecular complexity index is 578. The van der Waals surface area contributed by atoms with Crippen LogP contribution in [-0.4, -0.2) is 53.8 Å². The molecule has 1 atom stereocenters. The number of carbonyl (C=O) groups is 2. The average molecular weight is 338 g/mol. The number of esters is 2. The van der Waals surface area contributed by atoms with Crippen molar-refractivity contribution in [3.63, 3.8) is 0 Å². The zero-order valence-electron chi connectivity index (χ0n) is 13.6. The third-order valence-electron chi connectivity index (χ3n) is 3.74. The lowest BCUT2D eigenvalue weighted by Gasteiger charge is -2.23. The molecule has 7 heteroatoms. The monoisotopic (exact) mass is 338 g/mol. The van der Waals surface area contributed by atoms with E-state index in [1.807, 2.05) is 0 Å². The molecule has 0 saturated carbocycles. The summed E-state index contributed by atoms with van der Waals surface area (Å²) in [5, 5.41) is 10.3. The molecule has 0 spiro atoms. The van der Waals surface area contributed by atoms with Crippen LogP contribution in [0.4, 0.5) is 0 Å². The van der Waals surface area contributed by atoms with Crippen LogP contribution in [0.15, 0.2) is 10.6 Å². The second-order valence-corrected chi connectivity index (χ2v) is 7.19. The molecule has 2 aliphatic rings. The van der Waals surface area contributed by atoms with Gasteiger partial charge in [-0.2, -0.15) is 5.26 Å². The van der Waals surface area contributed by atoms with E-state index in [-0.39, 0.29) is 18.1 Å². The van der Waals surface area contributed by atoms with Crippen LogP contribution >= 0.6 is 10.5 Å². The zero-order chi connectivity index (χ0) is 16.8. The average Bonchev–Trinajstić information content (AvgIpc) is 3.16. The number of likely N-dealkylation sites (tertiary alicyclic amines) is 1. The Kier molecular flexibility index (Phi) is 6.22. The predicted molar refractivity (Wildman–Crippen MR) is 88.8 cm³/mol. The van der Waals surface area contributed by atoms with Crippen LogP contribution in [0.2, 0.25) is 0 Å². The Morgan fingerprint density at radius 3 is 2.22 bits per heavy atom. The predicted octanol–water partition coefficient (Wildman–Crippen LogP) is 1.79. The highest BCUT2D eigenvalue weighted by molar-refractivity contribution is 8.21. The lowest BCUT2D eigenvalue weighted by molar-refractivity contribution is -0.140. The molecule has 2 aliphatic heterocycles. The second-order valence-electron chi connectivity index (χ2n) is 5.20. The largest absolute Gasteiger partial charge is 0.462 e. The zero-order valence-corrected chi connectivity index (χ0v) is 14.4. The van der Waals surface area contributed by atoms with Gasteiger partial charge in [-0.1, -0.05) is 0 Å². The Morgan fingerprint density at radius 2 is 1.74 bits per heavy atom. The summed E-state index contributed by atoms with van der Waals surface area (Å²) in [6.45, 7) is 5.54. The van der Waals surface area contributed by atoms with E-state index >= 15 is 0 Å². The van der Waals surface area contributed by atoms with E-state index in [1.165, 1.54) is 0 Å². The van der Waals surface area contributed by atoms with Crippen LogP contribution in [-0.2, 0) is 19.1 Å². The van der Waals surface area contributed by atoms with Crippen molar-refractivity contribution < 1.29 is 19.1 Å². The summed E-state index contributed by atoms with van der Waals surface area (Å²) in [5.41, 5.74) is 0.682. The first-order valence-corrected chi connectivity index (χ1v) is 9.33. The Morgan fingerprint density at radius 1 is 1.17 bits per heavy atom. The summed E-state index contributed by atoms with van der Waals surface area (Å²) in [7, 11) is -0.735. The van der Waals surface area contributed by atoms with Crippen molar-refractivity contribution in [1.82, 2.24) is 4.90 Å². The molecule has 1 saturated heterocycles. The van der Waals surface area contributed by atoms with E-state index in [9.17, 15) is 14.9 Å². The molecule has 1 unspecified atom stereocenters. The van der Waals surface area contributed by atoms with Gasteiger partial charge >= 0.3 is 11.9 Å². The van der Waals surface area contributed by atoms with Crippen molar-refractivity contribution in [2.75, 3.05) is 32.1 Å². The molecule has 2 rings (SSSR count). The summed E-state index contributed by atoms with van der Waals surface area (Å²) in [6, 6.07) is 2.24. The Hall–Kier alpha value is -1.81. The number of ether oxygens (including phenoxy) is 2. The maximum atomic E-state index is 12.3. The van der Waals surface area contributed by atoms with Gasteiger partial charge in [-0.25, -0.2) is 9.59 Å². The molecule has 2 heterocycles. The molecule has 0 aromatic carbocycles. The highest BCUT2D eigenvalue weighted by Gasteiger charge is 2.34. The normalized spacial score (nSPS) is 20.4. The molecule has 0 N–H and O–H groups in total. The number of nitrogens with zero attached hydrogens (tertiary/aromatic N) is 2. The summed E-state index contributed by atoms with van der Waals surface area (Å²) < 4.78 is 10.1. The minimum absolute atomic E-state index is 0.0563. The number of carbonyl (C=O) groups excluding carboxylic acids is 2. The van der Waals surface area contributed by atoms with Crippen LogP contribution in [0.5, 0.6) is 0 Å². The van der Waals surface area contributed by atoms with E-state index in [0.717, 1.165) is 31.0 Å². The molecule has 0 aliphatic carbocycles. The molecule has 0 radical (unpaired) electrons. The van der Waals surface area contributed by atoms with E-state index in [2.05, 4.69) is 11.0 Å². The maximum absolute atomic E-state index is 12.3. The summed E-state index contributed by atoms with van der Waals surface area (Å²) in [4.78, 5) is 26.9. The van der Waals surface area contributed by atoms with Crippen molar-refractivity contribution in [1.29, 1.82) is 5.26 Å². The van der Waals surface area contributed by atoms with Crippen LogP contribution in [0.1, 0.15) is 33.1 Å². The number of nitriles is 1. The van der Waals surface area contributed by atoms with Crippen LogP contribution in [0.25, 0.3) is 0 Å². The van der Waals surface area contributed by atoms with Gasteiger partial charge in [-0.05, 0) is 38.9 Å². The van der Waals surface area contributed by atoms with E-state index in [1.54, 1.807) is 13.8 Å². The smallest absolute Gasteiger partial charge is 0.351 e. The molecule has 6 nitrogen and oxygen atoms in total. The topological polar surface area (TPSA) is 79.6 Å². The van der Waals surface area contributed by atoms with Crippen molar-refractivity contribution in [2.24, 2.45) is 0 Å². The molecule has 23 heavy (non-hydrogen) atoms. The molecular formula is C16H22N2O4S.